The normalized spacial score (nSPS) is 14.9. The standard InChI is InChI=1S/C19H28N4S/c1-15(2)17-10-8-16(9-11-17)13-21(3)14-23-19(24)22-12-6-4-5-7-18(22)20-23/h8-11,15H,4-7,12-14H2,1-3H3. The van der Waals surface area contributed by atoms with Crippen LogP contribution in [0.2, 0.25) is 0 Å². The largest absolute Gasteiger partial charge is 0.304 e. The van der Waals surface area contributed by atoms with Crippen LogP contribution in [0.4, 0.5) is 0 Å². The average molecular weight is 345 g/mol. The van der Waals surface area contributed by atoms with E-state index in [1.165, 1.54) is 30.4 Å². The third-order valence-electron chi connectivity index (χ3n) is 4.76. The van der Waals surface area contributed by atoms with E-state index in [9.17, 15) is 0 Å². The molecule has 24 heavy (non-hydrogen) atoms. The van der Waals surface area contributed by atoms with Crippen molar-refractivity contribution >= 4 is 12.2 Å². The van der Waals surface area contributed by atoms with Crippen molar-refractivity contribution in [1.29, 1.82) is 0 Å². The lowest BCUT2D eigenvalue weighted by atomic mass is 10.0. The van der Waals surface area contributed by atoms with Gasteiger partial charge in [-0.1, -0.05) is 44.5 Å². The third kappa shape index (κ3) is 3.95. The maximum atomic E-state index is 5.64. The Morgan fingerprint density at radius 3 is 2.62 bits per heavy atom. The molecule has 0 aliphatic carbocycles. The predicted octanol–water partition coefficient (Wildman–Crippen LogP) is 4.35. The minimum absolute atomic E-state index is 0.580. The molecule has 0 amide bonds. The van der Waals surface area contributed by atoms with Crippen LogP contribution in [0.1, 0.15) is 56.0 Å². The Labute approximate surface area is 150 Å². The number of fused-ring (bicyclic) bond motifs is 1. The highest BCUT2D eigenvalue weighted by molar-refractivity contribution is 7.71. The van der Waals surface area contributed by atoms with Crippen LogP contribution < -0.4 is 0 Å². The Kier molecular flexibility index (Phi) is 5.51. The zero-order chi connectivity index (χ0) is 17.1. The molecule has 2 heterocycles. The molecular weight excluding hydrogens is 316 g/mol. The van der Waals surface area contributed by atoms with Crippen LogP contribution >= 0.6 is 12.2 Å². The number of hydrogen-bond donors (Lipinski definition) is 0. The third-order valence-corrected chi connectivity index (χ3v) is 5.19. The summed E-state index contributed by atoms with van der Waals surface area (Å²) in [5.41, 5.74) is 2.72. The summed E-state index contributed by atoms with van der Waals surface area (Å²) < 4.78 is 5.08. The van der Waals surface area contributed by atoms with Gasteiger partial charge in [0.1, 0.15) is 5.82 Å². The summed E-state index contributed by atoms with van der Waals surface area (Å²) in [6, 6.07) is 8.93. The number of aromatic nitrogens is 3. The van der Waals surface area contributed by atoms with Gasteiger partial charge in [0.25, 0.3) is 0 Å². The van der Waals surface area contributed by atoms with E-state index in [1.807, 2.05) is 4.68 Å². The van der Waals surface area contributed by atoms with Crippen LogP contribution in [0.5, 0.6) is 0 Å². The monoisotopic (exact) mass is 344 g/mol. The smallest absolute Gasteiger partial charge is 0.199 e. The topological polar surface area (TPSA) is 26.0 Å². The highest BCUT2D eigenvalue weighted by Crippen LogP contribution is 2.17. The Bertz CT molecular complexity index is 727. The first-order valence-corrected chi connectivity index (χ1v) is 9.39. The van der Waals surface area contributed by atoms with Gasteiger partial charge in [-0.25, -0.2) is 4.68 Å². The van der Waals surface area contributed by atoms with Crippen molar-refractivity contribution in [1.82, 2.24) is 19.2 Å². The first-order chi connectivity index (χ1) is 11.5. The van der Waals surface area contributed by atoms with E-state index in [-0.39, 0.29) is 0 Å². The zero-order valence-electron chi connectivity index (χ0n) is 15.0. The lowest BCUT2D eigenvalue weighted by Gasteiger charge is -2.17. The van der Waals surface area contributed by atoms with Gasteiger partial charge in [0.05, 0.1) is 6.67 Å². The summed E-state index contributed by atoms with van der Waals surface area (Å²) in [4.78, 5) is 2.27. The Morgan fingerprint density at radius 1 is 1.17 bits per heavy atom. The van der Waals surface area contributed by atoms with Crippen LogP contribution in [0, 0.1) is 4.77 Å². The molecular formula is C19H28N4S. The number of benzene rings is 1. The molecule has 0 N–H and O–H groups in total. The molecule has 0 bridgehead atoms. The first-order valence-electron chi connectivity index (χ1n) is 8.98. The Morgan fingerprint density at radius 2 is 1.92 bits per heavy atom. The van der Waals surface area contributed by atoms with Crippen LogP contribution in [0.25, 0.3) is 0 Å². The number of aryl methyl sites for hydroxylation is 1. The van der Waals surface area contributed by atoms with Crippen LogP contribution in [-0.4, -0.2) is 26.3 Å². The van der Waals surface area contributed by atoms with Crippen molar-refractivity contribution < 1.29 is 0 Å². The van der Waals surface area contributed by atoms with Crippen molar-refractivity contribution in [3.63, 3.8) is 0 Å². The van der Waals surface area contributed by atoms with Gasteiger partial charge in [-0.15, -0.1) is 0 Å². The van der Waals surface area contributed by atoms with Crippen LogP contribution in [0.3, 0.4) is 0 Å². The average Bonchev–Trinajstić information content (AvgIpc) is 2.73. The molecule has 5 heteroatoms. The van der Waals surface area contributed by atoms with E-state index in [2.05, 4.69) is 54.6 Å². The highest BCUT2D eigenvalue weighted by Gasteiger charge is 2.14. The number of hydrogen-bond acceptors (Lipinski definition) is 3. The number of rotatable bonds is 5. The molecule has 0 saturated heterocycles. The summed E-state index contributed by atoms with van der Waals surface area (Å²) in [6.07, 6.45) is 4.77. The van der Waals surface area contributed by atoms with Crippen LogP contribution in [-0.2, 0) is 26.2 Å². The molecule has 1 aliphatic rings. The highest BCUT2D eigenvalue weighted by atomic mass is 32.1. The Balaban J connectivity index is 1.66. The van der Waals surface area contributed by atoms with Gasteiger partial charge in [-0.3, -0.25) is 4.90 Å². The fourth-order valence-corrected chi connectivity index (χ4v) is 3.61. The SMILES string of the molecule is CC(C)c1ccc(CN(C)Cn2nc3n(c2=S)CCCCC3)cc1. The minimum Gasteiger partial charge on any atom is -0.304 e. The molecule has 0 spiro atoms. The van der Waals surface area contributed by atoms with E-state index < -0.39 is 0 Å². The van der Waals surface area contributed by atoms with Gasteiger partial charge in [-0.2, -0.15) is 5.10 Å². The zero-order valence-corrected chi connectivity index (χ0v) is 15.9. The molecule has 0 saturated carbocycles. The fourth-order valence-electron chi connectivity index (χ4n) is 3.32. The predicted molar refractivity (Wildman–Crippen MR) is 101 cm³/mol. The van der Waals surface area contributed by atoms with Gasteiger partial charge < -0.3 is 4.57 Å². The summed E-state index contributed by atoms with van der Waals surface area (Å²) in [7, 11) is 2.13. The van der Waals surface area contributed by atoms with Gasteiger partial charge in [0.15, 0.2) is 4.77 Å². The molecule has 0 atom stereocenters. The van der Waals surface area contributed by atoms with E-state index in [1.54, 1.807) is 0 Å². The molecule has 2 aromatic rings. The maximum absolute atomic E-state index is 5.64. The lowest BCUT2D eigenvalue weighted by molar-refractivity contribution is 0.243. The van der Waals surface area contributed by atoms with Crippen LogP contribution in [0.15, 0.2) is 24.3 Å². The first kappa shape index (κ1) is 17.4. The van der Waals surface area contributed by atoms with Crippen molar-refractivity contribution in [2.24, 2.45) is 0 Å². The maximum Gasteiger partial charge on any atom is 0.199 e. The molecule has 0 fully saturated rings. The molecule has 3 rings (SSSR count). The fraction of sp³-hybridized carbons (Fsp3) is 0.579. The molecule has 0 unspecified atom stereocenters. The Hall–Kier alpha value is -1.46. The summed E-state index contributed by atoms with van der Waals surface area (Å²) >= 11 is 5.64. The molecule has 0 radical (unpaired) electrons. The molecule has 1 aromatic carbocycles. The second kappa shape index (κ2) is 7.62. The molecule has 130 valence electrons. The van der Waals surface area contributed by atoms with Crippen molar-refractivity contribution in [2.45, 2.75) is 65.2 Å². The van der Waals surface area contributed by atoms with Gasteiger partial charge in [0.2, 0.25) is 0 Å². The van der Waals surface area contributed by atoms with Crippen molar-refractivity contribution in [2.75, 3.05) is 7.05 Å². The van der Waals surface area contributed by atoms with Crippen molar-refractivity contribution in [3.8, 4) is 0 Å². The van der Waals surface area contributed by atoms with E-state index in [4.69, 9.17) is 17.3 Å². The van der Waals surface area contributed by atoms with E-state index in [0.717, 1.165) is 36.8 Å². The van der Waals surface area contributed by atoms with Crippen molar-refractivity contribution in [3.05, 3.63) is 46.0 Å². The summed E-state index contributed by atoms with van der Waals surface area (Å²) in [5, 5.41) is 4.76. The van der Waals surface area contributed by atoms with Gasteiger partial charge >= 0.3 is 0 Å². The van der Waals surface area contributed by atoms with Gasteiger partial charge in [0, 0.05) is 19.5 Å². The van der Waals surface area contributed by atoms with Gasteiger partial charge in [-0.05, 0) is 49.2 Å². The molecule has 4 nitrogen and oxygen atoms in total. The second-order valence-corrected chi connectivity index (χ2v) is 7.58. The quantitative estimate of drug-likeness (QED) is 0.754. The summed E-state index contributed by atoms with van der Waals surface area (Å²) in [6.45, 7) is 7.12. The lowest BCUT2D eigenvalue weighted by Crippen LogP contribution is -2.22. The molecule has 1 aromatic heterocycles. The van der Waals surface area contributed by atoms with E-state index in [0.29, 0.717) is 5.92 Å². The summed E-state index contributed by atoms with van der Waals surface area (Å²) in [5.74, 6) is 1.74. The second-order valence-electron chi connectivity index (χ2n) is 7.21. The number of nitrogens with zero attached hydrogens (tertiary/aromatic N) is 4. The van der Waals surface area contributed by atoms with E-state index >= 15 is 0 Å². The molecule has 1 aliphatic heterocycles. The minimum atomic E-state index is 0.580.